The second-order valence-electron chi connectivity index (χ2n) is 1.22. The number of hydrogen-bond acceptors (Lipinski definition) is 0. The molecule has 0 saturated carbocycles. The van der Waals surface area contributed by atoms with Crippen LogP contribution >= 0.6 is 15.2 Å². The van der Waals surface area contributed by atoms with Gasteiger partial charge in [-0.1, -0.05) is 17.0 Å². The molecule has 0 aliphatic carbocycles. The third kappa shape index (κ3) is 2.54. The molecule has 0 radical (unpaired) electrons. The summed E-state index contributed by atoms with van der Waals surface area (Å²) in [5.41, 5.74) is 7.61. The fourth-order valence-corrected chi connectivity index (χ4v) is 2.19. The van der Waals surface area contributed by atoms with Gasteiger partial charge in [0, 0.05) is 7.61 Å². The Balaban J connectivity index is 4.08. The van der Waals surface area contributed by atoms with E-state index in [1.807, 2.05) is 6.66 Å². The Morgan fingerprint density at radius 1 is 1.00 bits per heavy atom. The highest BCUT2D eigenvalue weighted by Crippen LogP contribution is 2.64. The van der Waals surface area contributed by atoms with Crippen molar-refractivity contribution in [1.29, 1.82) is 0 Å². The zero-order valence-electron chi connectivity index (χ0n) is 5.13. The second kappa shape index (κ2) is 4.42. The highest BCUT2D eigenvalue weighted by Gasteiger charge is 2.06. The van der Waals surface area contributed by atoms with Crippen LogP contribution in [0.25, 0.3) is 0 Å². The zero-order valence-corrected chi connectivity index (χ0v) is 6.92. The summed E-state index contributed by atoms with van der Waals surface area (Å²) in [4.78, 5) is 0. The van der Waals surface area contributed by atoms with Crippen molar-refractivity contribution in [1.82, 2.24) is 0 Å². The Bertz CT molecular complexity index is 184. The van der Waals surface area contributed by atoms with Gasteiger partial charge in [0.1, 0.15) is 0 Å². The standard InChI is InChI=1S/C7H6P2/c1-5-8(4)9(6-2)7-3/h1-3H,4H3. The Morgan fingerprint density at radius 2 is 1.44 bits per heavy atom. The minimum atomic E-state index is -0.733. The summed E-state index contributed by atoms with van der Waals surface area (Å²) in [7, 11) is -1.25. The SMILES string of the molecule is C#CP(C)P(C#C)C#C. The van der Waals surface area contributed by atoms with Crippen LogP contribution in [0.4, 0.5) is 0 Å². The molecule has 44 valence electrons. The fraction of sp³-hybridized carbons (Fsp3) is 0.143. The molecule has 0 spiro atoms. The third-order valence-electron chi connectivity index (χ3n) is 0.731. The first-order valence-corrected chi connectivity index (χ1v) is 6.02. The van der Waals surface area contributed by atoms with Gasteiger partial charge in [0.15, 0.2) is 0 Å². The third-order valence-corrected chi connectivity index (χ3v) is 5.03. The summed E-state index contributed by atoms with van der Waals surface area (Å²) < 4.78 is 0. The molecule has 0 aromatic carbocycles. The van der Waals surface area contributed by atoms with Gasteiger partial charge in [-0.25, -0.2) is 0 Å². The predicted octanol–water partition coefficient (Wildman–Crippen LogP) is 2.27. The van der Waals surface area contributed by atoms with E-state index in [1.54, 1.807) is 0 Å². The summed E-state index contributed by atoms with van der Waals surface area (Å²) in [5, 5.41) is 0. The average Bonchev–Trinajstić information content (AvgIpc) is 1.90. The minimum absolute atomic E-state index is 0.522. The average molecular weight is 152 g/mol. The molecule has 0 amide bonds. The van der Waals surface area contributed by atoms with Gasteiger partial charge in [-0.2, -0.15) is 0 Å². The fourth-order valence-electron chi connectivity index (χ4n) is 0.268. The lowest BCUT2D eigenvalue weighted by molar-refractivity contribution is 2.45. The van der Waals surface area contributed by atoms with E-state index >= 15 is 0 Å². The normalized spacial score (nSPS) is 11.0. The summed E-state index contributed by atoms with van der Waals surface area (Å²) in [5.74, 6) is 0. The molecule has 0 aliphatic heterocycles. The highest BCUT2D eigenvalue weighted by atomic mass is 32.1. The van der Waals surface area contributed by atoms with Gasteiger partial charge >= 0.3 is 0 Å². The van der Waals surface area contributed by atoms with Gasteiger partial charge in [-0.05, 0) is 6.66 Å². The first kappa shape index (κ1) is 8.54. The quantitative estimate of drug-likeness (QED) is 0.399. The zero-order chi connectivity index (χ0) is 7.28. The maximum atomic E-state index is 5.13. The molecule has 0 rings (SSSR count). The lowest BCUT2D eigenvalue weighted by Crippen LogP contribution is -1.59. The van der Waals surface area contributed by atoms with Gasteiger partial charge in [0.25, 0.3) is 0 Å². The maximum Gasteiger partial charge on any atom is 0.0858 e. The molecule has 2 heteroatoms. The number of rotatable bonds is 1. The van der Waals surface area contributed by atoms with Crippen molar-refractivity contribution in [2.24, 2.45) is 0 Å². The Morgan fingerprint density at radius 3 is 1.56 bits per heavy atom. The summed E-state index contributed by atoms with van der Waals surface area (Å²) in [6.45, 7) is 1.93. The van der Waals surface area contributed by atoms with Gasteiger partial charge < -0.3 is 0 Å². The molecule has 0 aromatic heterocycles. The van der Waals surface area contributed by atoms with Crippen LogP contribution in [0.15, 0.2) is 0 Å². The molecule has 0 fully saturated rings. The minimum Gasteiger partial charge on any atom is -0.115 e. The van der Waals surface area contributed by atoms with Crippen LogP contribution in [-0.4, -0.2) is 6.66 Å². The molecule has 0 N–H and O–H groups in total. The van der Waals surface area contributed by atoms with E-state index in [0.717, 1.165) is 0 Å². The Labute approximate surface area is 58.8 Å². The van der Waals surface area contributed by atoms with E-state index in [0.29, 0.717) is 0 Å². The summed E-state index contributed by atoms with van der Waals surface area (Å²) in [6, 6.07) is 0. The monoisotopic (exact) mass is 152 g/mol. The maximum absolute atomic E-state index is 5.13. The molecule has 9 heavy (non-hydrogen) atoms. The van der Waals surface area contributed by atoms with Crippen molar-refractivity contribution in [3.63, 3.8) is 0 Å². The van der Waals surface area contributed by atoms with E-state index in [9.17, 15) is 0 Å². The number of hydrogen-bond donors (Lipinski definition) is 0. The second-order valence-corrected chi connectivity index (χ2v) is 6.67. The van der Waals surface area contributed by atoms with Crippen LogP contribution in [0.3, 0.4) is 0 Å². The van der Waals surface area contributed by atoms with Gasteiger partial charge in [0.2, 0.25) is 0 Å². The summed E-state index contributed by atoms with van der Waals surface area (Å²) >= 11 is 0. The molecule has 0 bridgehead atoms. The van der Waals surface area contributed by atoms with Crippen LogP contribution in [-0.2, 0) is 0 Å². The topological polar surface area (TPSA) is 0 Å². The van der Waals surface area contributed by atoms with E-state index < -0.39 is 15.2 Å². The molecule has 0 heterocycles. The van der Waals surface area contributed by atoms with Crippen molar-refractivity contribution >= 4 is 15.2 Å². The lowest BCUT2D eigenvalue weighted by atomic mass is 11.4. The van der Waals surface area contributed by atoms with E-state index in [4.69, 9.17) is 19.3 Å². The van der Waals surface area contributed by atoms with Crippen molar-refractivity contribution in [2.75, 3.05) is 6.66 Å². The Hall–Kier alpha value is -0.460. The summed E-state index contributed by atoms with van der Waals surface area (Å²) in [6.07, 6.45) is 15.4. The van der Waals surface area contributed by atoms with Gasteiger partial charge in [0.05, 0.1) is 7.61 Å². The van der Waals surface area contributed by atoms with Crippen molar-refractivity contribution in [3.8, 4) is 36.3 Å². The molecule has 0 saturated heterocycles. The van der Waals surface area contributed by atoms with Gasteiger partial charge in [-0.3, -0.25) is 0 Å². The smallest absolute Gasteiger partial charge is 0.0858 e. The van der Waals surface area contributed by atoms with Crippen LogP contribution in [0.5, 0.6) is 0 Å². The van der Waals surface area contributed by atoms with Gasteiger partial charge in [-0.15, -0.1) is 19.3 Å². The number of terminal acetylenes is 3. The van der Waals surface area contributed by atoms with Crippen LogP contribution in [0.1, 0.15) is 0 Å². The van der Waals surface area contributed by atoms with Crippen molar-refractivity contribution in [2.45, 2.75) is 0 Å². The van der Waals surface area contributed by atoms with Crippen molar-refractivity contribution in [3.05, 3.63) is 0 Å². The molecule has 1 unspecified atom stereocenters. The molecule has 0 nitrogen and oxygen atoms in total. The molecule has 1 atom stereocenters. The van der Waals surface area contributed by atoms with E-state index in [-0.39, 0.29) is 0 Å². The molecular weight excluding hydrogens is 146 g/mol. The van der Waals surface area contributed by atoms with E-state index in [1.165, 1.54) is 0 Å². The van der Waals surface area contributed by atoms with Crippen molar-refractivity contribution < 1.29 is 0 Å². The lowest BCUT2D eigenvalue weighted by Gasteiger charge is -2.03. The first-order valence-electron chi connectivity index (χ1n) is 2.18. The van der Waals surface area contributed by atoms with E-state index in [2.05, 4.69) is 17.0 Å². The van der Waals surface area contributed by atoms with Crippen LogP contribution in [0.2, 0.25) is 0 Å². The largest absolute Gasteiger partial charge is 0.115 e. The van der Waals surface area contributed by atoms with Crippen LogP contribution in [0, 0.1) is 36.3 Å². The molecule has 0 aromatic rings. The first-order chi connectivity index (χ1) is 4.26. The van der Waals surface area contributed by atoms with Crippen LogP contribution < -0.4 is 0 Å². The highest BCUT2D eigenvalue weighted by molar-refractivity contribution is 8.35. The predicted molar refractivity (Wildman–Crippen MR) is 46.3 cm³/mol. The molecule has 0 aliphatic rings. The Kier molecular flexibility index (Phi) is 4.20. The molecular formula is C7H6P2.